The standard InChI is InChI=1S/C25H30N2O4.C12H12N2OS.C4H10/c1-25(2,3)31-17-12-13-27(15-17)23(28)14-26-24(29)30-16-22-20-10-6-4-8-18(20)19-9-5-7-11-21(19)22;1-9-12(16-8-14-9)11-4-2-10(3-5-11)6-13-7-15;1-4(2)3/h4-11,17,22H,12-16H2,1-3H3,(H,26,29);2-5,7-8H,6H2,1H3,(H,13,15);4H,1-3H3. The zero-order valence-corrected chi connectivity index (χ0v) is 31.7. The van der Waals surface area contributed by atoms with Gasteiger partial charge in [-0.25, -0.2) is 9.78 Å². The quantitative estimate of drug-likeness (QED) is 0.171. The number of ether oxygens (including phenoxy) is 2. The van der Waals surface area contributed by atoms with Crippen molar-refractivity contribution < 1.29 is 23.9 Å². The minimum absolute atomic E-state index is 0.00254. The molecule has 0 spiro atoms. The second-order valence-corrected chi connectivity index (χ2v) is 15.2. The van der Waals surface area contributed by atoms with Gasteiger partial charge in [-0.05, 0) is 73.4 Å². The Morgan fingerprint density at radius 3 is 2.14 bits per heavy atom. The highest BCUT2D eigenvalue weighted by Crippen LogP contribution is 2.44. The normalized spacial score (nSPS) is 14.7. The van der Waals surface area contributed by atoms with E-state index in [2.05, 4.69) is 72.8 Å². The summed E-state index contributed by atoms with van der Waals surface area (Å²) in [5.74, 6) is 0.719. The Kier molecular flexibility index (Phi) is 14.3. The predicted molar refractivity (Wildman–Crippen MR) is 205 cm³/mol. The van der Waals surface area contributed by atoms with Crippen molar-refractivity contribution in [1.29, 1.82) is 0 Å². The fraction of sp³-hybridized carbons (Fsp3) is 0.415. The van der Waals surface area contributed by atoms with Crippen LogP contribution in [0.3, 0.4) is 0 Å². The van der Waals surface area contributed by atoms with Gasteiger partial charge < -0.3 is 25.0 Å². The summed E-state index contributed by atoms with van der Waals surface area (Å²) in [6, 6.07) is 24.5. The molecule has 2 heterocycles. The van der Waals surface area contributed by atoms with Gasteiger partial charge in [-0.15, -0.1) is 11.3 Å². The highest BCUT2D eigenvalue weighted by molar-refractivity contribution is 7.13. The first-order chi connectivity index (χ1) is 24.4. The summed E-state index contributed by atoms with van der Waals surface area (Å²) >= 11 is 1.64. The van der Waals surface area contributed by atoms with E-state index in [1.807, 2.05) is 69.6 Å². The van der Waals surface area contributed by atoms with Crippen LogP contribution in [-0.4, -0.2) is 66.2 Å². The minimum Gasteiger partial charge on any atom is -0.449 e. The smallest absolute Gasteiger partial charge is 0.407 e. The van der Waals surface area contributed by atoms with Gasteiger partial charge in [-0.3, -0.25) is 9.59 Å². The summed E-state index contributed by atoms with van der Waals surface area (Å²) < 4.78 is 11.4. The first-order valence-electron chi connectivity index (χ1n) is 17.6. The van der Waals surface area contributed by atoms with Crippen molar-refractivity contribution in [2.45, 2.75) is 79.1 Å². The van der Waals surface area contributed by atoms with Gasteiger partial charge in [0.05, 0.1) is 27.8 Å². The summed E-state index contributed by atoms with van der Waals surface area (Å²) in [5, 5.41) is 5.24. The Hall–Kier alpha value is -4.54. The van der Waals surface area contributed by atoms with Crippen LogP contribution in [0.2, 0.25) is 0 Å². The second-order valence-electron chi connectivity index (χ2n) is 14.4. The molecule has 1 unspecified atom stereocenters. The molecule has 3 amide bonds. The number of carbonyl (C=O) groups excluding carboxylic acids is 3. The molecule has 1 saturated heterocycles. The van der Waals surface area contributed by atoms with Crippen molar-refractivity contribution in [3.8, 4) is 21.6 Å². The van der Waals surface area contributed by atoms with E-state index in [-0.39, 0.29) is 36.7 Å². The van der Waals surface area contributed by atoms with Crippen molar-refractivity contribution >= 4 is 29.7 Å². The Labute approximate surface area is 306 Å². The number of fused-ring (bicyclic) bond motifs is 3. The van der Waals surface area contributed by atoms with Gasteiger partial charge in [0.2, 0.25) is 12.3 Å². The number of benzene rings is 3. The predicted octanol–water partition coefficient (Wildman–Crippen LogP) is 7.97. The molecule has 51 heavy (non-hydrogen) atoms. The second kappa shape index (κ2) is 18.6. The SMILES string of the molecule is CC(C)(C)OC1CCN(C(=O)CNC(=O)OCC2c3ccccc3-c3ccccc32)C1.CC(C)C.Cc1ncsc1-c1ccc(CNC=O)cc1. The summed E-state index contributed by atoms with van der Waals surface area (Å²) in [6.45, 7) is 16.5. The largest absolute Gasteiger partial charge is 0.449 e. The van der Waals surface area contributed by atoms with Crippen molar-refractivity contribution in [3.05, 3.63) is 101 Å². The average Bonchev–Trinajstić information content (AvgIpc) is 3.82. The third-order valence-electron chi connectivity index (χ3n) is 8.10. The maximum absolute atomic E-state index is 12.4. The lowest BCUT2D eigenvalue weighted by Crippen LogP contribution is -2.40. The van der Waals surface area contributed by atoms with Crippen LogP contribution in [0, 0.1) is 12.8 Å². The third kappa shape index (κ3) is 11.8. The molecule has 1 atom stereocenters. The van der Waals surface area contributed by atoms with Crippen LogP contribution in [0.1, 0.15) is 76.3 Å². The van der Waals surface area contributed by atoms with Crippen LogP contribution < -0.4 is 10.6 Å². The van der Waals surface area contributed by atoms with Gasteiger partial charge >= 0.3 is 6.09 Å². The molecule has 4 aromatic rings. The molecule has 272 valence electrons. The summed E-state index contributed by atoms with van der Waals surface area (Å²) in [5.41, 5.74) is 9.64. The van der Waals surface area contributed by atoms with Crippen LogP contribution in [-0.2, 0) is 25.6 Å². The Morgan fingerprint density at radius 1 is 0.980 bits per heavy atom. The van der Waals surface area contributed by atoms with E-state index in [0.29, 0.717) is 26.0 Å². The first kappa shape index (κ1) is 39.2. The Morgan fingerprint density at radius 2 is 1.59 bits per heavy atom. The third-order valence-corrected chi connectivity index (χ3v) is 9.07. The summed E-state index contributed by atoms with van der Waals surface area (Å²) in [7, 11) is 0. The zero-order chi connectivity index (χ0) is 37.0. The fourth-order valence-corrected chi connectivity index (χ4v) is 6.78. The highest BCUT2D eigenvalue weighted by Gasteiger charge is 2.31. The average molecular weight is 713 g/mol. The molecule has 2 N–H and O–H groups in total. The lowest BCUT2D eigenvalue weighted by molar-refractivity contribution is -0.130. The molecule has 0 saturated carbocycles. The molecule has 2 aliphatic rings. The number of rotatable bonds is 9. The molecule has 6 rings (SSSR count). The van der Waals surface area contributed by atoms with Crippen molar-refractivity contribution in [1.82, 2.24) is 20.5 Å². The van der Waals surface area contributed by atoms with Gasteiger partial charge in [-0.2, -0.15) is 0 Å². The first-order valence-corrected chi connectivity index (χ1v) is 18.4. The monoisotopic (exact) mass is 712 g/mol. The topological polar surface area (TPSA) is 110 Å². The zero-order valence-electron chi connectivity index (χ0n) is 30.9. The molecule has 3 aromatic carbocycles. The van der Waals surface area contributed by atoms with E-state index < -0.39 is 6.09 Å². The number of hydrogen-bond donors (Lipinski definition) is 2. The number of amides is 3. The van der Waals surface area contributed by atoms with E-state index in [4.69, 9.17) is 9.47 Å². The molecular weight excluding hydrogens is 661 g/mol. The Bertz CT molecular complexity index is 1680. The van der Waals surface area contributed by atoms with E-state index in [1.54, 1.807) is 16.2 Å². The van der Waals surface area contributed by atoms with Gasteiger partial charge in [0.1, 0.15) is 13.2 Å². The van der Waals surface area contributed by atoms with Crippen molar-refractivity contribution in [2.24, 2.45) is 5.92 Å². The van der Waals surface area contributed by atoms with E-state index in [1.165, 1.54) is 21.6 Å². The van der Waals surface area contributed by atoms with Crippen LogP contribution in [0.15, 0.2) is 78.3 Å². The van der Waals surface area contributed by atoms with Gasteiger partial charge in [-0.1, -0.05) is 93.6 Å². The number of aromatic nitrogens is 1. The molecule has 1 aliphatic heterocycles. The van der Waals surface area contributed by atoms with Gasteiger partial charge in [0.25, 0.3) is 0 Å². The van der Waals surface area contributed by atoms with Crippen molar-refractivity contribution in [2.75, 3.05) is 26.2 Å². The minimum atomic E-state index is -0.572. The summed E-state index contributed by atoms with van der Waals surface area (Å²) in [4.78, 5) is 42.0. The molecule has 0 bridgehead atoms. The van der Waals surface area contributed by atoms with E-state index in [9.17, 15) is 14.4 Å². The molecule has 1 aliphatic carbocycles. The van der Waals surface area contributed by atoms with E-state index in [0.717, 1.165) is 34.7 Å². The highest BCUT2D eigenvalue weighted by atomic mass is 32.1. The number of aryl methyl sites for hydroxylation is 1. The number of likely N-dealkylation sites (tertiary alicyclic amines) is 1. The van der Waals surface area contributed by atoms with Crippen LogP contribution in [0.5, 0.6) is 0 Å². The lowest BCUT2D eigenvalue weighted by Gasteiger charge is -2.25. The number of alkyl carbamates (subject to hydrolysis) is 1. The maximum Gasteiger partial charge on any atom is 0.407 e. The Balaban J connectivity index is 0.000000243. The molecule has 1 aromatic heterocycles. The number of nitrogens with zero attached hydrogens (tertiary/aromatic N) is 2. The van der Waals surface area contributed by atoms with Crippen LogP contribution >= 0.6 is 11.3 Å². The molecular formula is C41H52N4O5S. The number of hydrogen-bond acceptors (Lipinski definition) is 7. The van der Waals surface area contributed by atoms with Gasteiger partial charge in [0.15, 0.2) is 0 Å². The van der Waals surface area contributed by atoms with E-state index >= 15 is 0 Å². The van der Waals surface area contributed by atoms with Crippen LogP contribution in [0.25, 0.3) is 21.6 Å². The van der Waals surface area contributed by atoms with Crippen LogP contribution in [0.4, 0.5) is 4.79 Å². The summed E-state index contributed by atoms with van der Waals surface area (Å²) in [6.07, 6.45) is 0.991. The number of nitrogens with one attached hydrogen (secondary N) is 2. The van der Waals surface area contributed by atoms with Crippen molar-refractivity contribution in [3.63, 3.8) is 0 Å². The van der Waals surface area contributed by atoms with Gasteiger partial charge in [0, 0.05) is 25.6 Å². The fourth-order valence-electron chi connectivity index (χ4n) is 5.97. The molecule has 1 fully saturated rings. The molecule has 10 heteroatoms. The number of thiazole rings is 1. The lowest BCUT2D eigenvalue weighted by atomic mass is 9.98. The maximum atomic E-state index is 12.4. The molecule has 0 radical (unpaired) electrons. The number of carbonyl (C=O) groups is 3. The molecule has 9 nitrogen and oxygen atoms in total.